The lowest BCUT2D eigenvalue weighted by Gasteiger charge is -2.05. The number of amides is 1. The van der Waals surface area contributed by atoms with Crippen LogP contribution in [0.5, 0.6) is 0 Å². The Morgan fingerprint density at radius 1 is 1.18 bits per heavy atom. The standard InChI is InChI=1S/C20H12FN4O3/c21-14-10-8-13(9-11-14)19-17-6-1-2-7-18(17)24(23-19)20(26)22-15-4-3-5-16(12-15)25(27)28/h2-12H,(H,22,26). The summed E-state index contributed by atoms with van der Waals surface area (Å²) in [7, 11) is 0. The van der Waals surface area contributed by atoms with E-state index < -0.39 is 11.0 Å². The van der Waals surface area contributed by atoms with Crippen molar-refractivity contribution in [2.75, 3.05) is 5.32 Å². The number of fused-ring (bicyclic) bond motifs is 1. The summed E-state index contributed by atoms with van der Waals surface area (Å²) in [5.41, 5.74) is 1.81. The van der Waals surface area contributed by atoms with Crippen LogP contribution in [0.25, 0.3) is 22.2 Å². The van der Waals surface area contributed by atoms with Crippen LogP contribution in [0.15, 0.2) is 66.7 Å². The lowest BCUT2D eigenvalue weighted by atomic mass is 10.1. The molecule has 0 saturated carbocycles. The summed E-state index contributed by atoms with van der Waals surface area (Å²) >= 11 is 0. The van der Waals surface area contributed by atoms with Crippen LogP contribution in [-0.2, 0) is 0 Å². The minimum absolute atomic E-state index is 0.135. The summed E-state index contributed by atoms with van der Waals surface area (Å²) in [6, 6.07) is 18.8. The van der Waals surface area contributed by atoms with E-state index in [1.807, 2.05) is 0 Å². The number of hydrogen-bond acceptors (Lipinski definition) is 4. The highest BCUT2D eigenvalue weighted by molar-refractivity contribution is 6.02. The average molecular weight is 375 g/mol. The molecule has 1 N–H and O–H groups in total. The molecule has 0 saturated heterocycles. The molecule has 0 bridgehead atoms. The summed E-state index contributed by atoms with van der Waals surface area (Å²) in [4.78, 5) is 23.1. The Bertz CT molecular complexity index is 1200. The molecule has 1 aromatic heterocycles. The van der Waals surface area contributed by atoms with Gasteiger partial charge < -0.3 is 5.32 Å². The van der Waals surface area contributed by atoms with Crippen molar-refractivity contribution in [3.05, 3.63) is 88.7 Å². The number of aromatic nitrogens is 2. The number of carbonyl (C=O) groups is 1. The Balaban J connectivity index is 1.74. The minimum Gasteiger partial charge on any atom is -0.306 e. The van der Waals surface area contributed by atoms with Crippen molar-refractivity contribution in [1.29, 1.82) is 0 Å². The number of non-ortho nitro benzene ring substituents is 1. The van der Waals surface area contributed by atoms with Gasteiger partial charge in [-0.05, 0) is 48.5 Å². The van der Waals surface area contributed by atoms with E-state index in [9.17, 15) is 19.3 Å². The monoisotopic (exact) mass is 375 g/mol. The molecule has 4 aromatic rings. The van der Waals surface area contributed by atoms with Gasteiger partial charge >= 0.3 is 6.03 Å². The predicted octanol–water partition coefficient (Wildman–Crippen LogP) is 4.63. The fourth-order valence-corrected chi connectivity index (χ4v) is 2.85. The topological polar surface area (TPSA) is 90.1 Å². The minimum atomic E-state index is -0.579. The van der Waals surface area contributed by atoms with Crippen molar-refractivity contribution < 1.29 is 14.1 Å². The maximum Gasteiger partial charge on any atom is 0.347 e. The molecule has 28 heavy (non-hydrogen) atoms. The highest BCUT2D eigenvalue weighted by atomic mass is 19.1. The SMILES string of the molecule is O=C(Nc1cccc([N+](=O)[O-])c1)n1nc(-c2ccc(F)cc2)c2c[c]ccc21. The normalized spacial score (nSPS) is 10.8. The van der Waals surface area contributed by atoms with Crippen LogP contribution >= 0.6 is 0 Å². The summed E-state index contributed by atoms with van der Waals surface area (Å²) in [6.07, 6.45) is 0. The van der Waals surface area contributed by atoms with Crippen molar-refractivity contribution >= 4 is 28.3 Å². The molecule has 1 radical (unpaired) electrons. The third-order valence-corrected chi connectivity index (χ3v) is 4.14. The molecular formula is C20H12FN4O3. The Kier molecular flexibility index (Phi) is 4.29. The van der Waals surface area contributed by atoms with Gasteiger partial charge in [-0.1, -0.05) is 12.1 Å². The van der Waals surface area contributed by atoms with Gasteiger partial charge in [0, 0.05) is 28.8 Å². The number of anilines is 1. The fourth-order valence-electron chi connectivity index (χ4n) is 2.85. The third-order valence-electron chi connectivity index (χ3n) is 4.14. The van der Waals surface area contributed by atoms with Gasteiger partial charge in [0.25, 0.3) is 5.69 Å². The first-order valence-electron chi connectivity index (χ1n) is 8.23. The maximum absolute atomic E-state index is 13.2. The van der Waals surface area contributed by atoms with E-state index in [-0.39, 0.29) is 17.2 Å². The molecule has 0 unspecified atom stereocenters. The first kappa shape index (κ1) is 17.3. The third kappa shape index (κ3) is 3.18. The molecule has 0 atom stereocenters. The lowest BCUT2D eigenvalue weighted by molar-refractivity contribution is -0.384. The van der Waals surface area contributed by atoms with E-state index in [1.165, 1.54) is 35.0 Å². The van der Waals surface area contributed by atoms with E-state index in [0.29, 0.717) is 22.2 Å². The average Bonchev–Trinajstić information content (AvgIpc) is 3.09. The van der Waals surface area contributed by atoms with E-state index >= 15 is 0 Å². The van der Waals surface area contributed by atoms with Gasteiger partial charge in [-0.2, -0.15) is 9.78 Å². The van der Waals surface area contributed by atoms with Gasteiger partial charge in [-0.3, -0.25) is 10.1 Å². The smallest absolute Gasteiger partial charge is 0.306 e. The Labute approximate surface area is 158 Å². The van der Waals surface area contributed by atoms with E-state index in [0.717, 1.165) is 0 Å². The van der Waals surface area contributed by atoms with Crippen LogP contribution in [0.1, 0.15) is 0 Å². The van der Waals surface area contributed by atoms with Crippen molar-refractivity contribution in [2.24, 2.45) is 0 Å². The van der Waals surface area contributed by atoms with Gasteiger partial charge in [-0.15, -0.1) is 0 Å². The molecule has 0 aliphatic carbocycles. The zero-order valence-electron chi connectivity index (χ0n) is 14.3. The Morgan fingerprint density at radius 3 is 2.71 bits per heavy atom. The van der Waals surface area contributed by atoms with Crippen molar-refractivity contribution in [3.8, 4) is 11.3 Å². The van der Waals surface area contributed by atoms with E-state index in [1.54, 1.807) is 36.4 Å². The summed E-state index contributed by atoms with van der Waals surface area (Å²) in [5, 5.41) is 18.6. The van der Waals surface area contributed by atoms with Crippen LogP contribution < -0.4 is 5.32 Å². The van der Waals surface area contributed by atoms with E-state index in [4.69, 9.17) is 0 Å². The molecular weight excluding hydrogens is 363 g/mol. The Hall–Kier alpha value is -4.07. The molecule has 3 aromatic carbocycles. The first-order valence-corrected chi connectivity index (χ1v) is 8.23. The molecule has 0 aliphatic rings. The first-order chi connectivity index (χ1) is 13.5. The molecule has 7 nitrogen and oxygen atoms in total. The van der Waals surface area contributed by atoms with Gasteiger partial charge in [0.05, 0.1) is 10.4 Å². The van der Waals surface area contributed by atoms with Crippen LogP contribution in [0.2, 0.25) is 0 Å². The number of nitrogens with zero attached hydrogens (tertiary/aromatic N) is 3. The molecule has 0 aliphatic heterocycles. The second-order valence-corrected chi connectivity index (χ2v) is 5.95. The predicted molar refractivity (Wildman–Crippen MR) is 101 cm³/mol. The molecule has 0 spiro atoms. The van der Waals surface area contributed by atoms with Crippen molar-refractivity contribution in [3.63, 3.8) is 0 Å². The zero-order chi connectivity index (χ0) is 19.7. The van der Waals surface area contributed by atoms with Crippen LogP contribution in [0.3, 0.4) is 0 Å². The fraction of sp³-hybridized carbons (Fsp3) is 0. The highest BCUT2D eigenvalue weighted by Gasteiger charge is 2.17. The quantitative estimate of drug-likeness (QED) is 0.417. The molecule has 1 amide bonds. The summed E-state index contributed by atoms with van der Waals surface area (Å²) in [6.45, 7) is 0. The zero-order valence-corrected chi connectivity index (χ0v) is 14.3. The second-order valence-electron chi connectivity index (χ2n) is 5.95. The molecule has 4 rings (SSSR count). The van der Waals surface area contributed by atoms with Crippen LogP contribution in [0, 0.1) is 22.0 Å². The van der Waals surface area contributed by atoms with Crippen LogP contribution in [-0.4, -0.2) is 20.7 Å². The van der Waals surface area contributed by atoms with Crippen molar-refractivity contribution in [1.82, 2.24) is 9.78 Å². The maximum atomic E-state index is 13.2. The number of benzene rings is 3. The summed E-state index contributed by atoms with van der Waals surface area (Å²) in [5.74, 6) is -0.373. The molecule has 137 valence electrons. The van der Waals surface area contributed by atoms with Crippen molar-refractivity contribution in [2.45, 2.75) is 0 Å². The van der Waals surface area contributed by atoms with Gasteiger partial charge in [-0.25, -0.2) is 9.18 Å². The molecule has 8 heteroatoms. The second kappa shape index (κ2) is 6.92. The van der Waals surface area contributed by atoms with E-state index in [2.05, 4.69) is 16.5 Å². The number of carbonyl (C=O) groups excluding carboxylic acids is 1. The highest BCUT2D eigenvalue weighted by Crippen LogP contribution is 2.28. The van der Waals surface area contributed by atoms with Crippen LogP contribution in [0.4, 0.5) is 20.6 Å². The number of nitro benzene ring substituents is 1. The van der Waals surface area contributed by atoms with Gasteiger partial charge in [0.1, 0.15) is 11.5 Å². The summed E-state index contributed by atoms with van der Waals surface area (Å²) < 4.78 is 14.4. The molecule has 0 fully saturated rings. The number of hydrogen-bond donors (Lipinski definition) is 1. The lowest BCUT2D eigenvalue weighted by Crippen LogP contribution is -2.20. The number of nitro groups is 1. The Morgan fingerprint density at radius 2 is 1.96 bits per heavy atom. The number of halogens is 1. The molecule has 1 heterocycles. The largest absolute Gasteiger partial charge is 0.347 e. The van der Waals surface area contributed by atoms with Gasteiger partial charge in [0.15, 0.2) is 0 Å². The number of rotatable bonds is 3. The van der Waals surface area contributed by atoms with Gasteiger partial charge in [0.2, 0.25) is 0 Å². The number of nitrogens with one attached hydrogen (secondary N) is 1.